The van der Waals surface area contributed by atoms with Crippen LogP contribution >= 0.6 is 27.5 Å². The van der Waals surface area contributed by atoms with E-state index in [4.69, 9.17) is 16.9 Å². The zero-order valence-corrected chi connectivity index (χ0v) is 10.3. The summed E-state index contributed by atoms with van der Waals surface area (Å²) in [5.74, 6) is -0.328. The molecule has 1 rings (SSSR count). The monoisotopic (exact) mass is 286 g/mol. The van der Waals surface area contributed by atoms with Crippen LogP contribution in [0, 0.1) is 11.3 Å². The second-order valence-corrected chi connectivity index (χ2v) is 4.48. The Bertz CT molecular complexity index is 426. The van der Waals surface area contributed by atoms with E-state index in [1.807, 2.05) is 6.07 Å². The number of hydrogen-bond acceptors (Lipinski definition) is 2. The first-order valence-electron chi connectivity index (χ1n) is 4.19. The van der Waals surface area contributed by atoms with Crippen LogP contribution in [0.15, 0.2) is 22.7 Å². The van der Waals surface area contributed by atoms with E-state index in [0.29, 0.717) is 11.3 Å². The Hall–Kier alpha value is -1.05. The normalized spacial score (nSPS) is 11.6. The summed E-state index contributed by atoms with van der Waals surface area (Å²) < 4.78 is 0.791. The Morgan fingerprint density at radius 1 is 1.67 bits per heavy atom. The third kappa shape index (κ3) is 3.22. The summed E-state index contributed by atoms with van der Waals surface area (Å²) in [4.78, 5) is 11.3. The van der Waals surface area contributed by atoms with Gasteiger partial charge in [0.05, 0.1) is 11.3 Å². The van der Waals surface area contributed by atoms with Gasteiger partial charge in [-0.2, -0.15) is 5.26 Å². The van der Waals surface area contributed by atoms with E-state index in [1.165, 1.54) is 0 Å². The van der Waals surface area contributed by atoms with Gasteiger partial charge in [0.15, 0.2) is 0 Å². The van der Waals surface area contributed by atoms with E-state index < -0.39 is 5.38 Å². The summed E-state index contributed by atoms with van der Waals surface area (Å²) in [7, 11) is 0. The molecule has 0 saturated heterocycles. The minimum atomic E-state index is -0.629. The lowest BCUT2D eigenvalue weighted by Crippen LogP contribution is -2.20. The maximum atomic E-state index is 11.3. The first-order valence-corrected chi connectivity index (χ1v) is 5.42. The van der Waals surface area contributed by atoms with Crippen molar-refractivity contribution in [2.24, 2.45) is 0 Å². The van der Waals surface area contributed by atoms with Gasteiger partial charge >= 0.3 is 0 Å². The molecule has 0 aliphatic heterocycles. The molecule has 1 unspecified atom stereocenters. The maximum Gasteiger partial charge on any atom is 0.242 e. The molecular formula is C10H8BrClN2O. The summed E-state index contributed by atoms with van der Waals surface area (Å²) in [5, 5.41) is 10.8. The predicted octanol–water partition coefficient (Wildman–Crippen LogP) is 2.89. The van der Waals surface area contributed by atoms with Crippen molar-refractivity contribution in [2.45, 2.75) is 12.3 Å². The van der Waals surface area contributed by atoms with E-state index in [0.717, 1.165) is 4.47 Å². The lowest BCUT2D eigenvalue weighted by molar-refractivity contribution is -0.115. The first kappa shape index (κ1) is 12.0. The predicted molar refractivity (Wildman–Crippen MR) is 62.8 cm³/mol. The van der Waals surface area contributed by atoms with Gasteiger partial charge in [0.1, 0.15) is 11.4 Å². The molecule has 0 aliphatic carbocycles. The molecule has 1 N–H and O–H groups in total. The van der Waals surface area contributed by atoms with Gasteiger partial charge in [-0.3, -0.25) is 4.79 Å². The highest BCUT2D eigenvalue weighted by Gasteiger charge is 2.11. The Morgan fingerprint density at radius 2 is 2.33 bits per heavy atom. The zero-order chi connectivity index (χ0) is 11.4. The fourth-order valence-electron chi connectivity index (χ4n) is 0.950. The van der Waals surface area contributed by atoms with Crippen LogP contribution in [0.5, 0.6) is 0 Å². The minimum absolute atomic E-state index is 0.328. The maximum absolute atomic E-state index is 11.3. The average molecular weight is 288 g/mol. The van der Waals surface area contributed by atoms with Crippen molar-refractivity contribution >= 4 is 39.1 Å². The minimum Gasteiger partial charge on any atom is -0.324 e. The number of alkyl halides is 1. The number of nitrogens with zero attached hydrogens (tertiary/aromatic N) is 1. The fraction of sp³-hybridized carbons (Fsp3) is 0.200. The molecule has 0 radical (unpaired) electrons. The van der Waals surface area contributed by atoms with Crippen LogP contribution in [-0.4, -0.2) is 11.3 Å². The molecule has 0 spiro atoms. The molecule has 1 atom stereocenters. The number of rotatable bonds is 2. The molecular weight excluding hydrogens is 279 g/mol. The molecule has 0 bridgehead atoms. The number of nitrogens with one attached hydrogen (secondary N) is 1. The van der Waals surface area contributed by atoms with Gasteiger partial charge in [-0.05, 0) is 25.1 Å². The number of hydrogen-bond donors (Lipinski definition) is 1. The number of carbonyl (C=O) groups excluding carboxylic acids is 1. The SMILES string of the molecule is CC(Cl)C(=O)Nc1cc(Br)ccc1C#N. The molecule has 0 aliphatic rings. The number of nitriles is 1. The molecule has 15 heavy (non-hydrogen) atoms. The molecule has 0 aromatic heterocycles. The van der Waals surface area contributed by atoms with Crippen molar-refractivity contribution in [1.82, 2.24) is 0 Å². The van der Waals surface area contributed by atoms with Gasteiger partial charge in [0.2, 0.25) is 5.91 Å². The third-order valence-corrected chi connectivity index (χ3v) is 2.41. The molecule has 1 aromatic carbocycles. The largest absolute Gasteiger partial charge is 0.324 e. The number of benzene rings is 1. The molecule has 5 heteroatoms. The van der Waals surface area contributed by atoms with Crippen LogP contribution in [0.4, 0.5) is 5.69 Å². The van der Waals surface area contributed by atoms with E-state index in [1.54, 1.807) is 25.1 Å². The van der Waals surface area contributed by atoms with Crippen molar-refractivity contribution in [3.8, 4) is 6.07 Å². The summed E-state index contributed by atoms with van der Waals surface area (Å²) >= 11 is 8.87. The van der Waals surface area contributed by atoms with Crippen molar-refractivity contribution in [3.63, 3.8) is 0 Å². The van der Waals surface area contributed by atoms with Gasteiger partial charge in [0.25, 0.3) is 0 Å². The lowest BCUT2D eigenvalue weighted by Gasteiger charge is -2.08. The van der Waals surface area contributed by atoms with Crippen LogP contribution in [0.1, 0.15) is 12.5 Å². The summed E-state index contributed by atoms with van der Waals surface area (Å²) in [6.07, 6.45) is 0. The third-order valence-electron chi connectivity index (χ3n) is 1.72. The molecule has 78 valence electrons. The smallest absolute Gasteiger partial charge is 0.242 e. The Morgan fingerprint density at radius 3 is 2.87 bits per heavy atom. The van der Waals surface area contributed by atoms with Gasteiger partial charge in [-0.25, -0.2) is 0 Å². The van der Waals surface area contributed by atoms with E-state index in [-0.39, 0.29) is 5.91 Å². The van der Waals surface area contributed by atoms with Crippen molar-refractivity contribution < 1.29 is 4.79 Å². The van der Waals surface area contributed by atoms with Crippen LogP contribution < -0.4 is 5.32 Å². The molecule has 0 saturated carbocycles. The standard InChI is InChI=1S/C10H8BrClN2O/c1-6(12)10(15)14-9-4-8(11)3-2-7(9)5-13/h2-4,6H,1H3,(H,14,15). The quantitative estimate of drug-likeness (QED) is 0.850. The van der Waals surface area contributed by atoms with Gasteiger partial charge in [-0.15, -0.1) is 11.6 Å². The van der Waals surface area contributed by atoms with E-state index in [9.17, 15) is 4.79 Å². The Balaban J connectivity index is 2.98. The van der Waals surface area contributed by atoms with Crippen molar-refractivity contribution in [2.75, 3.05) is 5.32 Å². The highest BCUT2D eigenvalue weighted by Crippen LogP contribution is 2.21. The average Bonchev–Trinajstić information content (AvgIpc) is 2.18. The molecule has 3 nitrogen and oxygen atoms in total. The van der Waals surface area contributed by atoms with E-state index >= 15 is 0 Å². The van der Waals surface area contributed by atoms with E-state index in [2.05, 4.69) is 21.2 Å². The van der Waals surface area contributed by atoms with Gasteiger partial charge in [-0.1, -0.05) is 15.9 Å². The molecule has 0 heterocycles. The second kappa shape index (κ2) is 5.15. The number of amides is 1. The lowest BCUT2D eigenvalue weighted by atomic mass is 10.2. The summed E-state index contributed by atoms with van der Waals surface area (Å²) in [6, 6.07) is 7.01. The second-order valence-electron chi connectivity index (χ2n) is 2.91. The highest BCUT2D eigenvalue weighted by atomic mass is 79.9. The topological polar surface area (TPSA) is 52.9 Å². The van der Waals surface area contributed by atoms with Crippen molar-refractivity contribution in [3.05, 3.63) is 28.2 Å². The molecule has 1 aromatic rings. The fourth-order valence-corrected chi connectivity index (χ4v) is 1.37. The summed E-state index contributed by atoms with van der Waals surface area (Å²) in [5.41, 5.74) is 0.869. The number of halogens is 2. The highest BCUT2D eigenvalue weighted by molar-refractivity contribution is 9.10. The summed E-state index contributed by atoms with van der Waals surface area (Å²) in [6.45, 7) is 1.57. The number of carbonyl (C=O) groups is 1. The van der Waals surface area contributed by atoms with Gasteiger partial charge in [0, 0.05) is 4.47 Å². The molecule has 1 amide bonds. The van der Waals surface area contributed by atoms with Crippen LogP contribution in [0.2, 0.25) is 0 Å². The van der Waals surface area contributed by atoms with Crippen molar-refractivity contribution in [1.29, 1.82) is 5.26 Å². The van der Waals surface area contributed by atoms with Crippen LogP contribution in [0.25, 0.3) is 0 Å². The zero-order valence-electron chi connectivity index (χ0n) is 7.92. The van der Waals surface area contributed by atoms with Crippen LogP contribution in [0.3, 0.4) is 0 Å². The molecule has 0 fully saturated rings. The van der Waals surface area contributed by atoms with Crippen LogP contribution in [-0.2, 0) is 4.79 Å². The first-order chi connectivity index (χ1) is 7.04. The Labute approximate surface area is 101 Å². The van der Waals surface area contributed by atoms with Gasteiger partial charge < -0.3 is 5.32 Å². The number of anilines is 1. The Kier molecular flexibility index (Phi) is 4.13.